The number of rotatable bonds is 9. The van der Waals surface area contributed by atoms with Gasteiger partial charge < -0.3 is 10.2 Å². The topological polar surface area (TPSA) is 95.6 Å². The average molecular weight is 456 g/mol. The molecule has 8 heteroatoms. The minimum Gasteiger partial charge on any atom is -0.342 e. The van der Waals surface area contributed by atoms with Crippen molar-refractivity contribution in [2.24, 2.45) is 5.92 Å². The summed E-state index contributed by atoms with van der Waals surface area (Å²) in [5.41, 5.74) is 2.18. The molecule has 1 aliphatic rings. The van der Waals surface area contributed by atoms with Gasteiger partial charge in [0.15, 0.2) is 0 Å². The normalized spacial score (nSPS) is 16.4. The number of nitrogens with zero attached hydrogens (tertiary/aromatic N) is 1. The Balaban J connectivity index is 1.53. The van der Waals surface area contributed by atoms with Crippen molar-refractivity contribution < 1.29 is 18.0 Å². The summed E-state index contributed by atoms with van der Waals surface area (Å²) in [6.45, 7) is 4.75. The minimum atomic E-state index is -3.43. The number of likely N-dealkylation sites (tertiary alicyclic amines) is 1. The summed E-state index contributed by atoms with van der Waals surface area (Å²) in [5, 5.41) is 2.89. The second-order valence-electron chi connectivity index (χ2n) is 7.92. The molecule has 0 aromatic heterocycles. The third kappa shape index (κ3) is 7.03. The molecule has 2 aromatic carbocycles. The van der Waals surface area contributed by atoms with Crippen LogP contribution >= 0.6 is 0 Å². The Morgan fingerprint density at radius 3 is 2.47 bits per heavy atom. The maximum atomic E-state index is 12.8. The predicted molar refractivity (Wildman–Crippen MR) is 125 cm³/mol. The summed E-state index contributed by atoms with van der Waals surface area (Å²) >= 11 is 0. The Bertz CT molecular complexity index is 1040. The first kappa shape index (κ1) is 23.7. The maximum absolute atomic E-state index is 12.8. The zero-order chi connectivity index (χ0) is 23.0. The summed E-state index contributed by atoms with van der Waals surface area (Å²) in [4.78, 5) is 27.2. The zero-order valence-corrected chi connectivity index (χ0v) is 18.8. The van der Waals surface area contributed by atoms with Gasteiger partial charge in [0.1, 0.15) is 0 Å². The molecule has 0 bridgehead atoms. The van der Waals surface area contributed by atoms with Crippen molar-refractivity contribution in [1.82, 2.24) is 9.62 Å². The molecule has 32 heavy (non-hydrogen) atoms. The smallest absolute Gasteiger partial charge is 0.229 e. The van der Waals surface area contributed by atoms with Crippen molar-refractivity contribution in [3.05, 3.63) is 78.4 Å². The largest absolute Gasteiger partial charge is 0.342 e. The van der Waals surface area contributed by atoms with Gasteiger partial charge in [-0.15, -0.1) is 6.58 Å². The van der Waals surface area contributed by atoms with Crippen LogP contribution in [0.1, 0.15) is 24.0 Å². The SMILES string of the molecule is C=CCNS(=O)(=O)Cc1ccc(NC(=O)C2CCCN(C(=O)Cc3ccccc3)C2)cc1. The van der Waals surface area contributed by atoms with Crippen LogP contribution in [0.4, 0.5) is 5.69 Å². The fourth-order valence-electron chi connectivity index (χ4n) is 3.68. The second kappa shape index (κ2) is 11.1. The quantitative estimate of drug-likeness (QED) is 0.569. The zero-order valence-electron chi connectivity index (χ0n) is 18.0. The molecule has 3 rings (SSSR count). The molecule has 0 radical (unpaired) electrons. The predicted octanol–water partition coefficient (Wildman–Crippen LogP) is 2.71. The number of carbonyl (C=O) groups is 2. The molecule has 0 saturated carbocycles. The van der Waals surface area contributed by atoms with E-state index in [-0.39, 0.29) is 30.0 Å². The molecule has 1 atom stereocenters. The molecule has 1 heterocycles. The molecular weight excluding hydrogens is 426 g/mol. The van der Waals surface area contributed by atoms with Gasteiger partial charge in [-0.05, 0) is 36.1 Å². The molecule has 2 amide bonds. The molecule has 0 aliphatic carbocycles. The van der Waals surface area contributed by atoms with Gasteiger partial charge in [0.25, 0.3) is 0 Å². The van der Waals surface area contributed by atoms with Crippen LogP contribution in [0.15, 0.2) is 67.3 Å². The van der Waals surface area contributed by atoms with E-state index in [1.165, 1.54) is 6.08 Å². The van der Waals surface area contributed by atoms with Crippen molar-refractivity contribution in [3.63, 3.8) is 0 Å². The van der Waals surface area contributed by atoms with Gasteiger partial charge in [0.05, 0.1) is 18.1 Å². The highest BCUT2D eigenvalue weighted by atomic mass is 32.2. The van der Waals surface area contributed by atoms with E-state index in [1.807, 2.05) is 30.3 Å². The van der Waals surface area contributed by atoms with Gasteiger partial charge in [-0.3, -0.25) is 9.59 Å². The first-order chi connectivity index (χ1) is 15.4. The molecule has 1 unspecified atom stereocenters. The van der Waals surface area contributed by atoms with E-state index < -0.39 is 10.0 Å². The molecular formula is C24H29N3O4S. The summed E-state index contributed by atoms with van der Waals surface area (Å²) in [6.07, 6.45) is 3.33. The van der Waals surface area contributed by atoms with Crippen molar-refractivity contribution in [2.75, 3.05) is 25.0 Å². The van der Waals surface area contributed by atoms with E-state index in [1.54, 1.807) is 29.2 Å². The monoisotopic (exact) mass is 455 g/mol. The van der Waals surface area contributed by atoms with Crippen LogP contribution in [0.3, 0.4) is 0 Å². The fraction of sp³-hybridized carbons (Fsp3) is 0.333. The number of nitrogens with one attached hydrogen (secondary N) is 2. The van der Waals surface area contributed by atoms with Crippen LogP contribution in [0, 0.1) is 5.92 Å². The lowest BCUT2D eigenvalue weighted by atomic mass is 9.96. The van der Waals surface area contributed by atoms with Crippen LogP contribution < -0.4 is 10.0 Å². The van der Waals surface area contributed by atoms with Gasteiger partial charge >= 0.3 is 0 Å². The first-order valence-electron chi connectivity index (χ1n) is 10.7. The van der Waals surface area contributed by atoms with Crippen LogP contribution in [-0.4, -0.2) is 44.8 Å². The third-order valence-electron chi connectivity index (χ3n) is 5.37. The highest BCUT2D eigenvalue weighted by Crippen LogP contribution is 2.20. The fourth-order valence-corrected chi connectivity index (χ4v) is 4.79. The van der Waals surface area contributed by atoms with E-state index >= 15 is 0 Å². The van der Waals surface area contributed by atoms with Gasteiger partial charge in [-0.2, -0.15) is 0 Å². The van der Waals surface area contributed by atoms with E-state index in [0.717, 1.165) is 18.4 Å². The van der Waals surface area contributed by atoms with E-state index in [9.17, 15) is 18.0 Å². The molecule has 1 aliphatic heterocycles. The van der Waals surface area contributed by atoms with Gasteiger partial charge in [-0.25, -0.2) is 13.1 Å². The number of hydrogen-bond donors (Lipinski definition) is 2. The van der Waals surface area contributed by atoms with Crippen LogP contribution in [-0.2, 0) is 31.8 Å². The number of piperidine rings is 1. The van der Waals surface area contributed by atoms with Crippen LogP contribution in [0.2, 0.25) is 0 Å². The lowest BCUT2D eigenvalue weighted by Crippen LogP contribution is -2.44. The summed E-state index contributed by atoms with van der Waals surface area (Å²) < 4.78 is 26.4. The summed E-state index contributed by atoms with van der Waals surface area (Å²) in [7, 11) is -3.43. The first-order valence-corrected chi connectivity index (χ1v) is 12.3. The Morgan fingerprint density at radius 1 is 1.06 bits per heavy atom. The van der Waals surface area contributed by atoms with Crippen molar-refractivity contribution in [3.8, 4) is 0 Å². The Hall–Kier alpha value is -2.97. The lowest BCUT2D eigenvalue weighted by molar-refractivity contribution is -0.133. The van der Waals surface area contributed by atoms with Crippen molar-refractivity contribution in [1.29, 1.82) is 0 Å². The summed E-state index contributed by atoms with van der Waals surface area (Å²) in [6, 6.07) is 16.3. The Morgan fingerprint density at radius 2 is 1.78 bits per heavy atom. The Kier molecular flexibility index (Phi) is 8.19. The number of hydrogen-bond acceptors (Lipinski definition) is 4. The van der Waals surface area contributed by atoms with E-state index in [2.05, 4.69) is 16.6 Å². The number of carbonyl (C=O) groups excluding carboxylic acids is 2. The van der Waals surface area contributed by atoms with E-state index in [4.69, 9.17) is 0 Å². The molecule has 0 spiro atoms. The highest BCUT2D eigenvalue weighted by Gasteiger charge is 2.28. The standard InChI is InChI=1S/C24H29N3O4S/c1-2-14-25-32(30,31)18-20-10-12-22(13-11-20)26-24(29)21-9-6-15-27(17-21)23(28)16-19-7-4-3-5-8-19/h2-5,7-8,10-13,21,25H,1,6,9,14-18H2,(H,26,29). The maximum Gasteiger partial charge on any atom is 0.229 e. The molecule has 7 nitrogen and oxygen atoms in total. The van der Waals surface area contributed by atoms with Crippen LogP contribution in [0.25, 0.3) is 0 Å². The minimum absolute atomic E-state index is 0.0318. The lowest BCUT2D eigenvalue weighted by Gasteiger charge is -2.32. The number of anilines is 1. The highest BCUT2D eigenvalue weighted by molar-refractivity contribution is 7.88. The molecule has 2 aromatic rings. The number of sulfonamides is 1. The number of amides is 2. The molecule has 1 fully saturated rings. The van der Waals surface area contributed by atoms with Crippen molar-refractivity contribution >= 4 is 27.5 Å². The van der Waals surface area contributed by atoms with Crippen molar-refractivity contribution in [2.45, 2.75) is 25.0 Å². The van der Waals surface area contributed by atoms with Gasteiger partial charge in [-0.1, -0.05) is 48.5 Å². The third-order valence-corrected chi connectivity index (χ3v) is 6.69. The van der Waals surface area contributed by atoms with Gasteiger partial charge in [0, 0.05) is 25.3 Å². The van der Waals surface area contributed by atoms with E-state index in [0.29, 0.717) is 30.8 Å². The van der Waals surface area contributed by atoms with Crippen LogP contribution in [0.5, 0.6) is 0 Å². The summed E-state index contributed by atoms with van der Waals surface area (Å²) in [5.74, 6) is -0.512. The van der Waals surface area contributed by atoms with Gasteiger partial charge in [0.2, 0.25) is 21.8 Å². The number of benzene rings is 2. The average Bonchev–Trinajstić information content (AvgIpc) is 2.79. The molecule has 1 saturated heterocycles. The second-order valence-corrected chi connectivity index (χ2v) is 9.73. The molecule has 2 N–H and O–H groups in total. The molecule has 170 valence electrons. The Labute approximate surface area is 189 Å².